The number of nitrogens with zero attached hydrogens (tertiary/aromatic N) is 1. The van der Waals surface area contributed by atoms with E-state index in [0.717, 1.165) is 23.7 Å². The highest BCUT2D eigenvalue weighted by molar-refractivity contribution is 5.27. The highest BCUT2D eigenvalue weighted by Crippen LogP contribution is 2.53. The van der Waals surface area contributed by atoms with E-state index in [9.17, 15) is 0 Å². The van der Waals surface area contributed by atoms with Gasteiger partial charge in [0.05, 0.1) is 0 Å². The van der Waals surface area contributed by atoms with Crippen molar-refractivity contribution in [2.45, 2.75) is 38.5 Å². The molecule has 0 heterocycles. The molecule has 1 aromatic rings. The van der Waals surface area contributed by atoms with Crippen molar-refractivity contribution in [1.29, 1.82) is 0 Å². The van der Waals surface area contributed by atoms with Gasteiger partial charge >= 0.3 is 0 Å². The molecular formula is C18H27N. The van der Waals surface area contributed by atoms with Crippen molar-refractivity contribution in [2.24, 2.45) is 17.8 Å². The molecule has 3 aliphatic carbocycles. The first-order chi connectivity index (χ1) is 9.15. The van der Waals surface area contributed by atoms with Crippen molar-refractivity contribution in [1.82, 2.24) is 4.90 Å². The van der Waals surface area contributed by atoms with Crippen LogP contribution in [0.4, 0.5) is 0 Å². The van der Waals surface area contributed by atoms with Crippen molar-refractivity contribution in [3.63, 3.8) is 0 Å². The van der Waals surface area contributed by atoms with Gasteiger partial charge in [0.25, 0.3) is 0 Å². The van der Waals surface area contributed by atoms with E-state index in [-0.39, 0.29) is 0 Å². The number of rotatable bonds is 3. The SMILES string of the molecule is Cc1ccc(C2C3CCC(CC3)C2CN(C)C)cc1. The minimum absolute atomic E-state index is 0.815. The van der Waals surface area contributed by atoms with Gasteiger partial charge in [-0.2, -0.15) is 0 Å². The van der Waals surface area contributed by atoms with Crippen LogP contribution < -0.4 is 0 Å². The van der Waals surface area contributed by atoms with Crippen LogP contribution in [0.5, 0.6) is 0 Å². The summed E-state index contributed by atoms with van der Waals surface area (Å²) in [6.45, 7) is 3.45. The van der Waals surface area contributed by atoms with Gasteiger partial charge in [0.15, 0.2) is 0 Å². The van der Waals surface area contributed by atoms with Crippen LogP contribution in [0.15, 0.2) is 24.3 Å². The third kappa shape index (κ3) is 2.58. The van der Waals surface area contributed by atoms with Gasteiger partial charge in [0.2, 0.25) is 0 Å². The summed E-state index contributed by atoms with van der Waals surface area (Å²) in [6.07, 6.45) is 5.89. The van der Waals surface area contributed by atoms with E-state index >= 15 is 0 Å². The standard InChI is InChI=1S/C18H27N/c1-13-4-6-15(7-5-13)18-16-10-8-14(9-11-16)17(18)12-19(2)3/h4-7,14,16-18H,8-12H2,1-3H3. The summed E-state index contributed by atoms with van der Waals surface area (Å²) >= 11 is 0. The number of aryl methyl sites for hydroxylation is 1. The minimum atomic E-state index is 0.815. The van der Waals surface area contributed by atoms with E-state index in [1.54, 1.807) is 5.56 Å². The van der Waals surface area contributed by atoms with Crippen molar-refractivity contribution >= 4 is 0 Å². The fourth-order valence-corrected chi connectivity index (χ4v) is 4.57. The van der Waals surface area contributed by atoms with Crippen LogP contribution in [-0.4, -0.2) is 25.5 Å². The van der Waals surface area contributed by atoms with Gasteiger partial charge in [0.1, 0.15) is 0 Å². The topological polar surface area (TPSA) is 3.24 Å². The van der Waals surface area contributed by atoms with Crippen LogP contribution in [0.25, 0.3) is 0 Å². The molecule has 19 heavy (non-hydrogen) atoms. The lowest BCUT2D eigenvalue weighted by molar-refractivity contribution is 0.0507. The molecule has 1 nitrogen and oxygen atoms in total. The molecule has 3 aliphatic rings. The molecule has 1 heteroatoms. The van der Waals surface area contributed by atoms with Gasteiger partial charge in [-0.1, -0.05) is 29.8 Å². The Morgan fingerprint density at radius 3 is 2.11 bits per heavy atom. The summed E-state index contributed by atoms with van der Waals surface area (Å²) in [5, 5.41) is 0. The van der Waals surface area contributed by atoms with Gasteiger partial charge in [-0.25, -0.2) is 0 Å². The van der Waals surface area contributed by atoms with E-state index in [2.05, 4.69) is 50.2 Å². The molecule has 0 aliphatic heterocycles. The summed E-state index contributed by atoms with van der Waals surface area (Å²) in [5.41, 5.74) is 2.99. The molecule has 0 amide bonds. The fourth-order valence-electron chi connectivity index (χ4n) is 4.57. The molecule has 3 saturated carbocycles. The maximum atomic E-state index is 2.40. The third-order valence-corrected chi connectivity index (χ3v) is 5.43. The number of hydrogen-bond donors (Lipinski definition) is 0. The molecule has 1 aromatic carbocycles. The summed E-state index contributed by atoms with van der Waals surface area (Å²) < 4.78 is 0. The molecule has 0 N–H and O–H groups in total. The highest BCUT2D eigenvalue weighted by atomic mass is 15.1. The number of fused-ring (bicyclic) bond motifs is 3. The molecule has 2 unspecified atom stereocenters. The largest absolute Gasteiger partial charge is 0.309 e. The Bertz CT molecular complexity index is 412. The average molecular weight is 257 g/mol. The number of hydrogen-bond acceptors (Lipinski definition) is 1. The van der Waals surface area contributed by atoms with Crippen molar-refractivity contribution < 1.29 is 0 Å². The molecule has 3 fully saturated rings. The Labute approximate surface area is 118 Å². The first kappa shape index (κ1) is 13.2. The van der Waals surface area contributed by atoms with Crippen LogP contribution >= 0.6 is 0 Å². The summed E-state index contributed by atoms with van der Waals surface area (Å²) in [7, 11) is 4.46. The van der Waals surface area contributed by atoms with Crippen molar-refractivity contribution in [3.8, 4) is 0 Å². The second kappa shape index (κ2) is 5.28. The van der Waals surface area contributed by atoms with Crippen LogP contribution in [0.2, 0.25) is 0 Å². The Morgan fingerprint density at radius 2 is 1.53 bits per heavy atom. The van der Waals surface area contributed by atoms with E-state index in [1.807, 2.05) is 0 Å². The van der Waals surface area contributed by atoms with E-state index < -0.39 is 0 Å². The van der Waals surface area contributed by atoms with Crippen LogP contribution in [0.1, 0.15) is 42.7 Å². The van der Waals surface area contributed by atoms with Gasteiger partial charge in [-0.05, 0) is 75.9 Å². The molecule has 0 spiro atoms. The molecule has 4 rings (SSSR count). The van der Waals surface area contributed by atoms with Gasteiger partial charge in [-0.15, -0.1) is 0 Å². The first-order valence-electron chi connectivity index (χ1n) is 7.86. The predicted octanol–water partition coefficient (Wildman–Crippen LogP) is 4.08. The summed E-state index contributed by atoms with van der Waals surface area (Å²) in [4.78, 5) is 2.40. The molecule has 0 radical (unpaired) electrons. The normalized spacial score (nSPS) is 33.9. The lowest BCUT2D eigenvalue weighted by Crippen LogP contribution is -2.43. The molecule has 2 atom stereocenters. The third-order valence-electron chi connectivity index (χ3n) is 5.43. The number of benzene rings is 1. The summed E-state index contributed by atoms with van der Waals surface area (Å²) in [5.74, 6) is 3.61. The maximum absolute atomic E-state index is 2.40. The second-order valence-electron chi connectivity index (χ2n) is 7.04. The Kier molecular flexibility index (Phi) is 3.66. The van der Waals surface area contributed by atoms with Gasteiger partial charge in [-0.3, -0.25) is 0 Å². The summed E-state index contributed by atoms with van der Waals surface area (Å²) in [6, 6.07) is 9.38. The lowest BCUT2D eigenvalue weighted by Gasteiger charge is -2.50. The molecule has 0 saturated heterocycles. The van der Waals surface area contributed by atoms with Crippen molar-refractivity contribution in [2.75, 3.05) is 20.6 Å². The Hall–Kier alpha value is -0.820. The zero-order valence-corrected chi connectivity index (χ0v) is 12.6. The van der Waals surface area contributed by atoms with Gasteiger partial charge < -0.3 is 4.90 Å². The smallest absolute Gasteiger partial charge is 0.00122 e. The van der Waals surface area contributed by atoms with E-state index in [1.165, 1.54) is 37.8 Å². The Balaban J connectivity index is 1.89. The molecule has 2 bridgehead atoms. The predicted molar refractivity (Wildman–Crippen MR) is 81.4 cm³/mol. The average Bonchev–Trinajstić information content (AvgIpc) is 2.41. The first-order valence-corrected chi connectivity index (χ1v) is 7.86. The van der Waals surface area contributed by atoms with E-state index in [4.69, 9.17) is 0 Å². The highest BCUT2D eigenvalue weighted by Gasteiger charge is 2.43. The molecule has 0 aromatic heterocycles. The zero-order chi connectivity index (χ0) is 13.4. The van der Waals surface area contributed by atoms with Crippen LogP contribution in [0.3, 0.4) is 0 Å². The fraction of sp³-hybridized carbons (Fsp3) is 0.667. The monoisotopic (exact) mass is 257 g/mol. The molecule has 104 valence electrons. The van der Waals surface area contributed by atoms with Crippen molar-refractivity contribution in [3.05, 3.63) is 35.4 Å². The second-order valence-corrected chi connectivity index (χ2v) is 7.04. The zero-order valence-electron chi connectivity index (χ0n) is 12.6. The van der Waals surface area contributed by atoms with Gasteiger partial charge in [0, 0.05) is 6.54 Å². The molecular weight excluding hydrogens is 230 g/mol. The lowest BCUT2D eigenvalue weighted by atomic mass is 9.57. The van der Waals surface area contributed by atoms with Crippen LogP contribution in [0, 0.1) is 24.7 Å². The quantitative estimate of drug-likeness (QED) is 0.789. The maximum Gasteiger partial charge on any atom is 0.00122 e. The minimum Gasteiger partial charge on any atom is -0.309 e. The Morgan fingerprint density at radius 1 is 0.947 bits per heavy atom. The van der Waals surface area contributed by atoms with E-state index in [0.29, 0.717) is 0 Å². The van der Waals surface area contributed by atoms with Crippen LogP contribution in [-0.2, 0) is 0 Å².